The highest BCUT2D eigenvalue weighted by Gasteiger charge is 2.26. The largest absolute Gasteiger partial charge is 0.386 e. The van der Waals surface area contributed by atoms with Gasteiger partial charge in [0.25, 0.3) is 0 Å². The summed E-state index contributed by atoms with van der Waals surface area (Å²) in [5.74, 6) is 0.441. The Kier molecular flexibility index (Phi) is 2.93. The molecule has 2 N–H and O–H groups in total. The van der Waals surface area contributed by atoms with Crippen LogP contribution in [0.3, 0.4) is 0 Å². The predicted molar refractivity (Wildman–Crippen MR) is 61.6 cm³/mol. The van der Waals surface area contributed by atoms with Gasteiger partial charge in [0, 0.05) is 25.6 Å². The maximum absolute atomic E-state index is 9.85. The Morgan fingerprint density at radius 1 is 1.50 bits per heavy atom. The zero-order valence-electron chi connectivity index (χ0n) is 9.11. The molecule has 88 valence electrons. The number of nitrogens with one attached hydrogen (secondary N) is 1. The minimum atomic E-state index is -0.375. The third-order valence-electron chi connectivity index (χ3n) is 3.19. The van der Waals surface area contributed by atoms with Crippen LogP contribution in [0, 0.1) is 0 Å². The first-order chi connectivity index (χ1) is 7.84. The Balaban J connectivity index is 1.85. The lowest BCUT2D eigenvalue weighted by Gasteiger charge is -2.19. The zero-order valence-corrected chi connectivity index (χ0v) is 9.92. The molecule has 1 aromatic heterocycles. The van der Waals surface area contributed by atoms with Gasteiger partial charge in [-0.3, -0.25) is 0 Å². The molecule has 1 aromatic rings. The number of β-amino-alcohol motifs (C(OH)–C–C–N with tert-alkyl or cyclic N) is 1. The first-order valence-electron chi connectivity index (χ1n) is 5.80. The Labute approximate surface area is 98.7 Å². The summed E-state index contributed by atoms with van der Waals surface area (Å²) in [5.41, 5.74) is 1.03. The predicted octanol–water partition coefficient (Wildman–Crippen LogP) is 1.17. The lowest BCUT2D eigenvalue weighted by molar-refractivity contribution is 0.0803. The number of thiazole rings is 1. The highest BCUT2D eigenvalue weighted by atomic mass is 32.1. The topological polar surface area (TPSA) is 54.4 Å². The number of hydrogen-bond acceptors (Lipinski definition) is 5. The second-order valence-electron chi connectivity index (χ2n) is 4.42. The number of fused-ring (bicyclic) bond motifs is 1. The van der Waals surface area contributed by atoms with Crippen LogP contribution in [0.1, 0.15) is 40.4 Å². The van der Waals surface area contributed by atoms with Gasteiger partial charge in [-0.25, -0.2) is 4.98 Å². The van der Waals surface area contributed by atoms with E-state index in [1.807, 2.05) is 0 Å². The second kappa shape index (κ2) is 4.41. The minimum absolute atomic E-state index is 0.375. The van der Waals surface area contributed by atoms with Crippen molar-refractivity contribution in [2.45, 2.75) is 31.4 Å². The molecule has 5 heteroatoms. The SMILES string of the molecule is OC1CNCc2nc(C3CCCOC3)sc21. The number of hydrogen-bond donors (Lipinski definition) is 2. The van der Waals surface area contributed by atoms with Crippen LogP contribution in [0.25, 0.3) is 0 Å². The fourth-order valence-electron chi connectivity index (χ4n) is 2.30. The lowest BCUT2D eigenvalue weighted by atomic mass is 10.0. The normalized spacial score (nSPS) is 30.1. The quantitative estimate of drug-likeness (QED) is 0.774. The van der Waals surface area contributed by atoms with E-state index in [0.717, 1.165) is 48.2 Å². The fourth-order valence-corrected chi connectivity index (χ4v) is 3.49. The summed E-state index contributed by atoms with van der Waals surface area (Å²) in [4.78, 5) is 5.70. The molecule has 0 saturated carbocycles. The molecule has 0 aromatic carbocycles. The molecular weight excluding hydrogens is 224 g/mol. The minimum Gasteiger partial charge on any atom is -0.386 e. The molecule has 2 unspecified atom stereocenters. The average molecular weight is 240 g/mol. The number of ether oxygens (including phenoxy) is 1. The summed E-state index contributed by atoms with van der Waals surface area (Å²) < 4.78 is 5.48. The van der Waals surface area contributed by atoms with Crippen LogP contribution >= 0.6 is 11.3 Å². The molecule has 0 aliphatic carbocycles. The monoisotopic (exact) mass is 240 g/mol. The Bertz CT molecular complexity index is 374. The molecule has 1 saturated heterocycles. The first kappa shape index (κ1) is 10.7. The van der Waals surface area contributed by atoms with Crippen LogP contribution < -0.4 is 5.32 Å². The van der Waals surface area contributed by atoms with Crippen molar-refractivity contribution in [3.8, 4) is 0 Å². The van der Waals surface area contributed by atoms with Crippen molar-refractivity contribution in [1.29, 1.82) is 0 Å². The smallest absolute Gasteiger partial charge is 0.102 e. The van der Waals surface area contributed by atoms with Gasteiger partial charge in [0.1, 0.15) is 6.10 Å². The molecule has 2 atom stereocenters. The Morgan fingerprint density at radius 2 is 2.44 bits per heavy atom. The molecule has 0 spiro atoms. The van der Waals surface area contributed by atoms with E-state index >= 15 is 0 Å². The summed E-state index contributed by atoms with van der Waals surface area (Å²) in [7, 11) is 0. The van der Waals surface area contributed by atoms with Crippen molar-refractivity contribution >= 4 is 11.3 Å². The molecule has 3 heterocycles. The van der Waals surface area contributed by atoms with E-state index in [1.54, 1.807) is 11.3 Å². The first-order valence-corrected chi connectivity index (χ1v) is 6.62. The second-order valence-corrected chi connectivity index (χ2v) is 5.49. The standard InChI is InChI=1S/C11H16N2O2S/c14-9-5-12-4-8-10(9)16-11(13-8)7-2-1-3-15-6-7/h7,9,12,14H,1-6H2. The van der Waals surface area contributed by atoms with Crippen molar-refractivity contribution in [3.63, 3.8) is 0 Å². The highest BCUT2D eigenvalue weighted by Crippen LogP contribution is 2.34. The van der Waals surface area contributed by atoms with Crippen LogP contribution in [-0.4, -0.2) is 29.8 Å². The summed E-state index contributed by atoms with van der Waals surface area (Å²) in [6, 6.07) is 0. The molecular formula is C11H16N2O2S. The molecule has 16 heavy (non-hydrogen) atoms. The van der Waals surface area contributed by atoms with Crippen molar-refractivity contribution < 1.29 is 9.84 Å². The maximum Gasteiger partial charge on any atom is 0.102 e. The van der Waals surface area contributed by atoms with Crippen LogP contribution in [0.5, 0.6) is 0 Å². The fraction of sp³-hybridized carbons (Fsp3) is 0.727. The molecule has 1 fully saturated rings. The third-order valence-corrected chi connectivity index (χ3v) is 4.55. The summed E-state index contributed by atoms with van der Waals surface area (Å²) >= 11 is 1.67. The van der Waals surface area contributed by atoms with Gasteiger partial charge >= 0.3 is 0 Å². The van der Waals surface area contributed by atoms with Crippen LogP contribution in [0.2, 0.25) is 0 Å². The van der Waals surface area contributed by atoms with E-state index in [0.29, 0.717) is 12.5 Å². The number of rotatable bonds is 1. The van der Waals surface area contributed by atoms with E-state index in [2.05, 4.69) is 10.3 Å². The number of aliphatic hydroxyl groups excluding tert-OH is 1. The Hall–Kier alpha value is -0.490. The number of aliphatic hydroxyl groups is 1. The van der Waals surface area contributed by atoms with Gasteiger partial charge in [-0.1, -0.05) is 0 Å². The Morgan fingerprint density at radius 3 is 3.19 bits per heavy atom. The van der Waals surface area contributed by atoms with Crippen molar-refractivity contribution in [2.24, 2.45) is 0 Å². The molecule has 3 rings (SSSR count). The van der Waals surface area contributed by atoms with Crippen LogP contribution in [-0.2, 0) is 11.3 Å². The van der Waals surface area contributed by atoms with E-state index in [1.165, 1.54) is 0 Å². The molecule has 0 radical (unpaired) electrons. The van der Waals surface area contributed by atoms with E-state index < -0.39 is 0 Å². The average Bonchev–Trinajstić information content (AvgIpc) is 2.76. The summed E-state index contributed by atoms with van der Waals surface area (Å²) in [6.45, 7) is 3.11. The molecule has 2 aliphatic heterocycles. The number of aromatic nitrogens is 1. The van der Waals surface area contributed by atoms with Gasteiger partial charge in [0.2, 0.25) is 0 Å². The highest BCUT2D eigenvalue weighted by molar-refractivity contribution is 7.11. The molecule has 2 aliphatic rings. The van der Waals surface area contributed by atoms with E-state index in [-0.39, 0.29) is 6.10 Å². The van der Waals surface area contributed by atoms with Crippen molar-refractivity contribution in [2.75, 3.05) is 19.8 Å². The third kappa shape index (κ3) is 1.88. The number of nitrogens with zero attached hydrogens (tertiary/aromatic N) is 1. The maximum atomic E-state index is 9.85. The van der Waals surface area contributed by atoms with Crippen molar-refractivity contribution in [3.05, 3.63) is 15.6 Å². The molecule has 4 nitrogen and oxygen atoms in total. The van der Waals surface area contributed by atoms with Gasteiger partial charge in [0.05, 0.1) is 22.2 Å². The van der Waals surface area contributed by atoms with Gasteiger partial charge in [-0.2, -0.15) is 0 Å². The van der Waals surface area contributed by atoms with Crippen LogP contribution in [0.15, 0.2) is 0 Å². The lowest BCUT2D eigenvalue weighted by Crippen LogP contribution is -2.27. The van der Waals surface area contributed by atoms with E-state index in [9.17, 15) is 5.11 Å². The van der Waals surface area contributed by atoms with Gasteiger partial charge in [-0.15, -0.1) is 11.3 Å². The van der Waals surface area contributed by atoms with Crippen LogP contribution in [0.4, 0.5) is 0 Å². The molecule has 0 bridgehead atoms. The van der Waals surface area contributed by atoms with Gasteiger partial charge in [0.15, 0.2) is 0 Å². The zero-order chi connectivity index (χ0) is 11.0. The summed E-state index contributed by atoms with van der Waals surface area (Å²) in [6.07, 6.45) is 1.91. The summed E-state index contributed by atoms with van der Waals surface area (Å²) in [5, 5.41) is 14.2. The van der Waals surface area contributed by atoms with Gasteiger partial charge in [-0.05, 0) is 12.8 Å². The van der Waals surface area contributed by atoms with E-state index in [4.69, 9.17) is 4.74 Å². The molecule has 0 amide bonds. The van der Waals surface area contributed by atoms with Gasteiger partial charge < -0.3 is 15.2 Å². The van der Waals surface area contributed by atoms with Crippen molar-refractivity contribution in [1.82, 2.24) is 10.3 Å².